The molecule has 0 spiro atoms. The minimum absolute atomic E-state index is 0.0748. The fourth-order valence-corrected chi connectivity index (χ4v) is 4.47. The molecule has 0 saturated heterocycles. The van der Waals surface area contributed by atoms with E-state index in [0.717, 1.165) is 23.4 Å². The second kappa shape index (κ2) is 9.96. The maximum atomic E-state index is 12.7. The van der Waals surface area contributed by atoms with Crippen LogP contribution >= 0.6 is 0 Å². The van der Waals surface area contributed by atoms with Gasteiger partial charge in [-0.1, -0.05) is 57.0 Å². The molecule has 3 atom stereocenters. The summed E-state index contributed by atoms with van der Waals surface area (Å²) in [6.07, 6.45) is 3.86. The van der Waals surface area contributed by atoms with Crippen LogP contribution in [-0.4, -0.2) is 29.1 Å². The highest BCUT2D eigenvalue weighted by Crippen LogP contribution is 2.30. The first-order valence-corrected chi connectivity index (χ1v) is 11.1. The molecule has 5 nitrogen and oxygen atoms in total. The molecule has 5 heteroatoms. The van der Waals surface area contributed by atoms with Crippen LogP contribution in [0.1, 0.15) is 62.5 Å². The number of ether oxygens (including phenoxy) is 1. The van der Waals surface area contributed by atoms with E-state index in [4.69, 9.17) is 4.74 Å². The first kappa shape index (κ1) is 22.1. The highest BCUT2D eigenvalue weighted by atomic mass is 16.5. The summed E-state index contributed by atoms with van der Waals surface area (Å²) in [6.45, 7) is 9.10. The van der Waals surface area contributed by atoms with Gasteiger partial charge in [-0.2, -0.15) is 0 Å². The summed E-state index contributed by atoms with van der Waals surface area (Å²) in [5.41, 5.74) is 3.35. The molecule has 1 saturated carbocycles. The highest BCUT2D eigenvalue weighted by Gasteiger charge is 2.28. The first-order chi connectivity index (χ1) is 14.4. The predicted octanol–water partition coefficient (Wildman–Crippen LogP) is 4.97. The first-order valence-electron chi connectivity index (χ1n) is 11.1. The molecule has 2 aromatic rings. The molecular weight excluding hydrogens is 376 g/mol. The lowest BCUT2D eigenvalue weighted by molar-refractivity contribution is -0.122. The van der Waals surface area contributed by atoms with Crippen LogP contribution in [0.2, 0.25) is 0 Å². The van der Waals surface area contributed by atoms with Crippen LogP contribution in [0.3, 0.4) is 0 Å². The molecule has 1 aromatic heterocycles. The van der Waals surface area contributed by atoms with E-state index in [2.05, 4.69) is 23.7 Å². The van der Waals surface area contributed by atoms with Crippen LogP contribution in [0.5, 0.6) is 0 Å². The number of hydrogen-bond donors (Lipinski definition) is 1. The van der Waals surface area contributed by atoms with E-state index >= 15 is 0 Å². The van der Waals surface area contributed by atoms with Gasteiger partial charge in [0.2, 0.25) is 5.91 Å². The Morgan fingerprint density at radius 3 is 2.60 bits per heavy atom. The average molecular weight is 411 g/mol. The molecule has 1 N–H and O–H groups in total. The summed E-state index contributed by atoms with van der Waals surface area (Å²) < 4.78 is 7.29. The quantitative estimate of drug-likeness (QED) is 0.656. The van der Waals surface area contributed by atoms with E-state index < -0.39 is 0 Å². The largest absolute Gasteiger partial charge is 0.462 e. The van der Waals surface area contributed by atoms with Crippen LogP contribution in [0.4, 0.5) is 0 Å². The Labute approximate surface area is 179 Å². The van der Waals surface area contributed by atoms with Gasteiger partial charge in [0.1, 0.15) is 0 Å². The Kier molecular flexibility index (Phi) is 7.35. The van der Waals surface area contributed by atoms with Crippen LogP contribution in [-0.2, 0) is 16.1 Å². The lowest BCUT2D eigenvalue weighted by Gasteiger charge is -2.34. The third-order valence-corrected chi connectivity index (χ3v) is 6.55. The van der Waals surface area contributed by atoms with Gasteiger partial charge < -0.3 is 14.6 Å². The monoisotopic (exact) mass is 410 g/mol. The SMILES string of the molecule is CCOC(=O)c1cc(-c2ccccc2)n(CCC(=O)N[C@@H]2CCC[C@H](C)[C@@H]2C)c1C. The standard InChI is InChI=1S/C25H34N2O3/c1-5-30-25(29)21-16-23(20-11-7-6-8-12-20)27(19(21)4)15-14-24(28)26-22-13-9-10-17(2)18(22)3/h6-8,11-12,16-18,22H,5,9-10,13-15H2,1-4H3,(H,26,28)/t17-,18-,22+/m0/s1. The molecule has 162 valence electrons. The van der Waals surface area contributed by atoms with Gasteiger partial charge in [-0.05, 0) is 43.7 Å². The summed E-state index contributed by atoms with van der Waals surface area (Å²) in [5.74, 6) is 0.907. The van der Waals surface area contributed by atoms with E-state index in [1.54, 1.807) is 6.92 Å². The third-order valence-electron chi connectivity index (χ3n) is 6.55. The molecule has 0 radical (unpaired) electrons. The normalized spacial score (nSPS) is 21.3. The smallest absolute Gasteiger partial charge is 0.339 e. The number of aromatic nitrogens is 1. The molecule has 1 aromatic carbocycles. The summed E-state index contributed by atoms with van der Waals surface area (Å²) in [5, 5.41) is 3.25. The Bertz CT molecular complexity index is 872. The van der Waals surface area contributed by atoms with Crippen molar-refractivity contribution in [1.29, 1.82) is 0 Å². The Balaban J connectivity index is 1.77. The average Bonchev–Trinajstić information content (AvgIpc) is 3.07. The number of rotatable bonds is 7. The number of nitrogens with one attached hydrogen (secondary N) is 1. The van der Waals surface area contributed by atoms with Crippen LogP contribution < -0.4 is 5.32 Å². The molecule has 1 fully saturated rings. The number of amides is 1. The van der Waals surface area contributed by atoms with Crippen LogP contribution in [0.15, 0.2) is 36.4 Å². The van der Waals surface area contributed by atoms with Crippen molar-refractivity contribution < 1.29 is 14.3 Å². The second-order valence-electron chi connectivity index (χ2n) is 8.46. The molecule has 0 bridgehead atoms. The van der Waals surface area contributed by atoms with Crippen molar-refractivity contribution in [1.82, 2.24) is 9.88 Å². The topological polar surface area (TPSA) is 60.3 Å². The molecular formula is C25H34N2O3. The molecule has 0 unspecified atom stereocenters. The van der Waals surface area contributed by atoms with E-state index in [9.17, 15) is 9.59 Å². The number of nitrogens with zero attached hydrogens (tertiary/aromatic N) is 1. The van der Waals surface area contributed by atoms with Crippen molar-refractivity contribution in [2.45, 2.75) is 66.0 Å². The summed E-state index contributed by atoms with van der Waals surface area (Å²) in [4.78, 5) is 25.1. The van der Waals surface area contributed by atoms with Gasteiger partial charge >= 0.3 is 5.97 Å². The Morgan fingerprint density at radius 1 is 1.17 bits per heavy atom. The zero-order valence-electron chi connectivity index (χ0n) is 18.6. The lowest BCUT2D eigenvalue weighted by atomic mass is 9.78. The Morgan fingerprint density at radius 2 is 1.90 bits per heavy atom. The number of hydrogen-bond acceptors (Lipinski definition) is 3. The van der Waals surface area contributed by atoms with E-state index in [-0.39, 0.29) is 17.9 Å². The van der Waals surface area contributed by atoms with Crippen molar-refractivity contribution in [3.05, 3.63) is 47.7 Å². The van der Waals surface area contributed by atoms with Gasteiger partial charge in [-0.3, -0.25) is 4.79 Å². The number of carbonyl (C=O) groups is 2. The minimum Gasteiger partial charge on any atom is -0.462 e. The van der Waals surface area contributed by atoms with Gasteiger partial charge in [0.15, 0.2) is 0 Å². The van der Waals surface area contributed by atoms with Crippen molar-refractivity contribution in [3.63, 3.8) is 0 Å². The summed E-state index contributed by atoms with van der Waals surface area (Å²) in [6, 6.07) is 12.1. The maximum absolute atomic E-state index is 12.7. The zero-order valence-corrected chi connectivity index (χ0v) is 18.6. The number of esters is 1. The molecule has 1 heterocycles. The van der Waals surface area contributed by atoms with E-state index in [1.165, 1.54) is 12.8 Å². The van der Waals surface area contributed by atoms with Crippen molar-refractivity contribution in [2.75, 3.05) is 6.61 Å². The van der Waals surface area contributed by atoms with Gasteiger partial charge in [-0.25, -0.2) is 4.79 Å². The number of benzene rings is 1. The summed E-state index contributed by atoms with van der Waals surface area (Å²) >= 11 is 0. The van der Waals surface area contributed by atoms with E-state index in [0.29, 0.717) is 37.0 Å². The molecule has 1 amide bonds. The Hall–Kier alpha value is -2.56. The van der Waals surface area contributed by atoms with Crippen molar-refractivity contribution >= 4 is 11.9 Å². The van der Waals surface area contributed by atoms with Gasteiger partial charge in [0.25, 0.3) is 0 Å². The fourth-order valence-electron chi connectivity index (χ4n) is 4.47. The number of carbonyl (C=O) groups excluding carboxylic acids is 2. The van der Waals surface area contributed by atoms with Crippen molar-refractivity contribution in [3.8, 4) is 11.3 Å². The lowest BCUT2D eigenvalue weighted by Crippen LogP contribution is -2.43. The summed E-state index contributed by atoms with van der Waals surface area (Å²) in [7, 11) is 0. The predicted molar refractivity (Wildman–Crippen MR) is 119 cm³/mol. The van der Waals surface area contributed by atoms with Gasteiger partial charge in [0.05, 0.1) is 12.2 Å². The van der Waals surface area contributed by atoms with Crippen LogP contribution in [0.25, 0.3) is 11.3 Å². The molecule has 3 rings (SSSR count). The second-order valence-corrected chi connectivity index (χ2v) is 8.46. The van der Waals surface area contributed by atoms with Crippen molar-refractivity contribution in [2.24, 2.45) is 11.8 Å². The third kappa shape index (κ3) is 4.94. The zero-order chi connectivity index (χ0) is 21.7. The van der Waals surface area contributed by atoms with Gasteiger partial charge in [0, 0.05) is 30.4 Å². The minimum atomic E-state index is -0.319. The van der Waals surface area contributed by atoms with Gasteiger partial charge in [-0.15, -0.1) is 0 Å². The molecule has 0 aliphatic heterocycles. The molecule has 30 heavy (non-hydrogen) atoms. The molecule has 1 aliphatic rings. The molecule has 1 aliphatic carbocycles. The van der Waals surface area contributed by atoms with E-state index in [1.807, 2.05) is 43.3 Å². The fraction of sp³-hybridized carbons (Fsp3) is 0.520. The maximum Gasteiger partial charge on any atom is 0.339 e. The van der Waals surface area contributed by atoms with Crippen LogP contribution in [0, 0.1) is 18.8 Å². The highest BCUT2D eigenvalue weighted by molar-refractivity contribution is 5.92.